The highest BCUT2D eigenvalue weighted by molar-refractivity contribution is 7.38. The Labute approximate surface area is 61.7 Å². The van der Waals surface area contributed by atoms with E-state index in [9.17, 15) is 4.57 Å². The van der Waals surface area contributed by atoms with Gasteiger partial charge in [0.05, 0.1) is 5.54 Å². The van der Waals surface area contributed by atoms with Crippen molar-refractivity contribution < 1.29 is 9.46 Å². The molecule has 1 saturated heterocycles. The molecule has 0 aromatic rings. The Balaban J connectivity index is 2.43. The quantitative estimate of drug-likeness (QED) is 0.592. The van der Waals surface area contributed by atoms with E-state index in [1.54, 1.807) is 0 Å². The first kappa shape index (κ1) is 8.12. The Bertz CT molecular complexity index is 143. The second-order valence-electron chi connectivity index (χ2n) is 3.10. The lowest BCUT2D eigenvalue weighted by Gasteiger charge is -2.16. The van der Waals surface area contributed by atoms with Crippen LogP contribution in [0, 0.1) is 0 Å². The highest BCUT2D eigenvalue weighted by Crippen LogP contribution is 2.27. The predicted molar refractivity (Wildman–Crippen MR) is 40.3 cm³/mol. The summed E-state index contributed by atoms with van der Waals surface area (Å²) in [7, 11) is -1.97. The third-order valence-corrected chi connectivity index (χ3v) is 2.91. The van der Waals surface area contributed by atoms with E-state index >= 15 is 0 Å². The van der Waals surface area contributed by atoms with Gasteiger partial charge in [0.15, 0.2) is 6.16 Å². The monoisotopic (exact) mass is 162 g/mol. The van der Waals surface area contributed by atoms with Gasteiger partial charge in [-0.2, -0.15) is 4.89 Å². The van der Waals surface area contributed by atoms with Crippen molar-refractivity contribution in [1.82, 2.24) is 5.32 Å². The first-order valence-electron chi connectivity index (χ1n) is 3.51. The molecule has 2 N–H and O–H groups in total. The van der Waals surface area contributed by atoms with Crippen molar-refractivity contribution in [2.24, 2.45) is 0 Å². The van der Waals surface area contributed by atoms with Gasteiger partial charge in [0.25, 0.3) is 0 Å². The van der Waals surface area contributed by atoms with Gasteiger partial charge in [-0.1, -0.05) is 0 Å². The molecule has 0 amide bonds. The van der Waals surface area contributed by atoms with Crippen molar-refractivity contribution in [2.75, 3.05) is 12.7 Å². The van der Waals surface area contributed by atoms with Gasteiger partial charge < -0.3 is 5.32 Å². The molecular weight excluding hydrogens is 149 g/mol. The van der Waals surface area contributed by atoms with Crippen LogP contribution < -0.4 is 5.32 Å². The average Bonchev–Trinajstić information content (AvgIpc) is 2.12. The van der Waals surface area contributed by atoms with Gasteiger partial charge in [-0.3, -0.25) is 0 Å². The molecule has 10 heavy (non-hydrogen) atoms. The van der Waals surface area contributed by atoms with Crippen LogP contribution in [0.1, 0.15) is 19.8 Å². The van der Waals surface area contributed by atoms with E-state index in [1.807, 2.05) is 6.92 Å². The minimum Gasteiger partial charge on any atom is -0.308 e. The molecule has 1 aliphatic rings. The van der Waals surface area contributed by atoms with Gasteiger partial charge in [-0.05, 0) is 30.9 Å². The van der Waals surface area contributed by atoms with Crippen LogP contribution in [0.3, 0.4) is 0 Å². The zero-order chi connectivity index (χ0) is 7.61. The van der Waals surface area contributed by atoms with Crippen LogP contribution in [0.15, 0.2) is 0 Å². The van der Waals surface area contributed by atoms with Gasteiger partial charge in [0.2, 0.25) is 0 Å². The van der Waals surface area contributed by atoms with Crippen molar-refractivity contribution in [1.29, 1.82) is 0 Å². The van der Waals surface area contributed by atoms with Gasteiger partial charge >= 0.3 is 8.03 Å². The first-order valence-corrected chi connectivity index (χ1v) is 4.91. The maximum absolute atomic E-state index is 10.5. The highest BCUT2D eigenvalue weighted by atomic mass is 31.1. The lowest BCUT2D eigenvalue weighted by Crippen LogP contribution is -2.38. The molecule has 1 heterocycles. The first-order chi connectivity index (χ1) is 4.62. The molecule has 3 nitrogen and oxygen atoms in total. The minimum atomic E-state index is -1.97. The van der Waals surface area contributed by atoms with E-state index in [0.29, 0.717) is 6.16 Å². The van der Waals surface area contributed by atoms with E-state index in [1.165, 1.54) is 0 Å². The van der Waals surface area contributed by atoms with E-state index < -0.39 is 8.03 Å². The molecule has 0 aromatic heterocycles. The summed E-state index contributed by atoms with van der Waals surface area (Å²) in [6, 6.07) is 0. The average molecular weight is 162 g/mol. The summed E-state index contributed by atoms with van der Waals surface area (Å²) in [5.41, 5.74) is -0.0673. The molecule has 2 unspecified atom stereocenters. The topological polar surface area (TPSA) is 49.3 Å². The molecule has 0 aliphatic carbocycles. The van der Waals surface area contributed by atoms with Crippen LogP contribution in [0.4, 0.5) is 0 Å². The van der Waals surface area contributed by atoms with Crippen molar-refractivity contribution in [2.45, 2.75) is 25.3 Å². The third-order valence-electron chi connectivity index (χ3n) is 1.94. The fourth-order valence-corrected chi connectivity index (χ4v) is 2.26. The lowest BCUT2D eigenvalue weighted by molar-refractivity contribution is 0.433. The minimum absolute atomic E-state index is 0.0673. The maximum atomic E-state index is 10.5. The van der Waals surface area contributed by atoms with Crippen LogP contribution in [0.25, 0.3) is 0 Å². The van der Waals surface area contributed by atoms with Gasteiger partial charge in [0, 0.05) is 0 Å². The number of hydrogen-bond donors (Lipinski definition) is 2. The lowest BCUT2D eigenvalue weighted by atomic mass is 10.0. The largest absolute Gasteiger partial charge is 0.507 e. The Morgan fingerprint density at radius 2 is 2.50 bits per heavy atom. The Morgan fingerprint density at radius 1 is 1.80 bits per heavy atom. The zero-order valence-electron chi connectivity index (χ0n) is 6.13. The van der Waals surface area contributed by atoms with Crippen molar-refractivity contribution in [3.05, 3.63) is 0 Å². The maximum Gasteiger partial charge on any atom is 0.507 e. The summed E-state index contributed by atoms with van der Waals surface area (Å²) < 4.78 is 10.5. The van der Waals surface area contributed by atoms with Crippen LogP contribution in [-0.4, -0.2) is 23.1 Å². The van der Waals surface area contributed by atoms with Gasteiger partial charge in [-0.25, -0.2) is 0 Å². The van der Waals surface area contributed by atoms with Gasteiger partial charge in [0.1, 0.15) is 0 Å². The second-order valence-corrected chi connectivity index (χ2v) is 4.12. The third kappa shape index (κ3) is 2.01. The SMILES string of the molecule is CC1(C[P+](=O)O)CCCN1. The normalized spacial score (nSPS) is 34.4. The fourth-order valence-electron chi connectivity index (χ4n) is 1.39. The second kappa shape index (κ2) is 2.95. The Hall–Kier alpha value is 0.0200. The summed E-state index contributed by atoms with van der Waals surface area (Å²) in [5.74, 6) is 0. The molecule has 2 atom stereocenters. The number of hydrogen-bond acceptors (Lipinski definition) is 2. The molecule has 1 fully saturated rings. The van der Waals surface area contributed by atoms with Crippen molar-refractivity contribution in [3.63, 3.8) is 0 Å². The van der Waals surface area contributed by atoms with Crippen molar-refractivity contribution in [3.8, 4) is 0 Å². The molecule has 4 heteroatoms. The molecule has 1 aliphatic heterocycles. The number of rotatable bonds is 2. The van der Waals surface area contributed by atoms with Crippen LogP contribution in [0.2, 0.25) is 0 Å². The summed E-state index contributed by atoms with van der Waals surface area (Å²) in [6.45, 7) is 2.99. The zero-order valence-corrected chi connectivity index (χ0v) is 7.03. The van der Waals surface area contributed by atoms with Crippen molar-refractivity contribution >= 4 is 8.03 Å². The molecule has 0 spiro atoms. The predicted octanol–water partition coefficient (Wildman–Crippen LogP) is 0.863. The summed E-state index contributed by atoms with van der Waals surface area (Å²) in [5, 5.41) is 3.22. The molecule has 0 radical (unpaired) electrons. The molecular formula is C6H13NO2P+. The van der Waals surface area contributed by atoms with Crippen LogP contribution in [0.5, 0.6) is 0 Å². The fraction of sp³-hybridized carbons (Fsp3) is 1.00. The number of nitrogens with one attached hydrogen (secondary N) is 1. The van der Waals surface area contributed by atoms with Crippen LogP contribution in [-0.2, 0) is 4.57 Å². The van der Waals surface area contributed by atoms with E-state index in [0.717, 1.165) is 19.4 Å². The van der Waals surface area contributed by atoms with Gasteiger partial charge in [-0.15, -0.1) is 0 Å². The van der Waals surface area contributed by atoms with Crippen LogP contribution >= 0.6 is 8.03 Å². The molecule has 0 saturated carbocycles. The smallest absolute Gasteiger partial charge is 0.308 e. The van der Waals surface area contributed by atoms with E-state index in [4.69, 9.17) is 4.89 Å². The standard InChI is InChI=1S/C6H12NO2P/c1-6(5-10(8)9)3-2-4-7-6/h7H,2-5H2,1H3/p+1. The highest BCUT2D eigenvalue weighted by Gasteiger charge is 2.35. The summed E-state index contributed by atoms with van der Waals surface area (Å²) in [6.07, 6.45) is 2.54. The Kier molecular flexibility index (Phi) is 2.40. The molecule has 58 valence electrons. The Morgan fingerprint density at radius 3 is 2.90 bits per heavy atom. The summed E-state index contributed by atoms with van der Waals surface area (Å²) >= 11 is 0. The van der Waals surface area contributed by atoms with E-state index in [-0.39, 0.29) is 5.54 Å². The summed E-state index contributed by atoms with van der Waals surface area (Å²) in [4.78, 5) is 8.65. The molecule has 1 rings (SSSR count). The molecule has 0 bridgehead atoms. The molecule has 0 aromatic carbocycles. The van der Waals surface area contributed by atoms with E-state index in [2.05, 4.69) is 5.32 Å².